The number of hydrogen-bond acceptors (Lipinski definition) is 2. The zero-order valence-corrected chi connectivity index (χ0v) is 12.0. The van der Waals surface area contributed by atoms with E-state index in [0.717, 1.165) is 5.56 Å². The summed E-state index contributed by atoms with van der Waals surface area (Å²) in [6, 6.07) is 9.23. The van der Waals surface area contributed by atoms with Crippen LogP contribution >= 0.6 is 11.6 Å². The summed E-state index contributed by atoms with van der Waals surface area (Å²) in [5.41, 5.74) is 1.79. The van der Waals surface area contributed by atoms with Crippen molar-refractivity contribution in [1.82, 2.24) is 0 Å². The van der Waals surface area contributed by atoms with E-state index in [2.05, 4.69) is 5.32 Å². The Morgan fingerprint density at radius 1 is 1.29 bits per heavy atom. The summed E-state index contributed by atoms with van der Waals surface area (Å²) in [5, 5.41) is 13.6. The van der Waals surface area contributed by atoms with Crippen LogP contribution in [0.1, 0.15) is 35.6 Å². The number of benzene rings is 2. The van der Waals surface area contributed by atoms with Gasteiger partial charge in [-0.25, -0.2) is 4.39 Å². The van der Waals surface area contributed by atoms with Crippen molar-refractivity contribution in [3.8, 4) is 0 Å². The molecule has 2 aromatic rings. The second-order valence-electron chi connectivity index (χ2n) is 5.09. The molecule has 3 nitrogen and oxygen atoms in total. The zero-order valence-electron chi connectivity index (χ0n) is 11.2. The number of anilines is 1. The van der Waals surface area contributed by atoms with Crippen molar-refractivity contribution in [3.05, 3.63) is 63.9 Å². The Kier molecular flexibility index (Phi) is 3.43. The van der Waals surface area contributed by atoms with Crippen LogP contribution in [0.25, 0.3) is 0 Å². The van der Waals surface area contributed by atoms with Crippen molar-refractivity contribution in [2.45, 2.75) is 18.9 Å². The summed E-state index contributed by atoms with van der Waals surface area (Å²) < 4.78 is 13.9. The van der Waals surface area contributed by atoms with E-state index >= 15 is 0 Å². The van der Waals surface area contributed by atoms with Gasteiger partial charge in [-0.2, -0.15) is 0 Å². The maximum Gasteiger partial charge on any atom is 0.231 e. The third-order valence-electron chi connectivity index (χ3n) is 3.77. The predicted molar refractivity (Wildman–Crippen MR) is 79.0 cm³/mol. The number of carbonyl (C=O) groups is 1. The van der Waals surface area contributed by atoms with Crippen LogP contribution in [0.2, 0.25) is 5.02 Å². The molecule has 0 saturated heterocycles. The SMILES string of the molecule is CC1C(=O)Nc2c1cc(Cl)cc2C(O)c1ccccc1F. The molecule has 5 heteroatoms. The first-order valence-corrected chi connectivity index (χ1v) is 6.93. The smallest absolute Gasteiger partial charge is 0.231 e. The number of hydrogen-bond donors (Lipinski definition) is 2. The number of amides is 1. The minimum absolute atomic E-state index is 0.149. The lowest BCUT2D eigenvalue weighted by molar-refractivity contribution is -0.116. The van der Waals surface area contributed by atoms with E-state index in [1.54, 1.807) is 31.2 Å². The monoisotopic (exact) mass is 305 g/mol. The fraction of sp³-hybridized carbons (Fsp3) is 0.188. The lowest BCUT2D eigenvalue weighted by atomic mass is 9.94. The van der Waals surface area contributed by atoms with Gasteiger partial charge in [0.25, 0.3) is 0 Å². The van der Waals surface area contributed by atoms with Crippen LogP contribution in [0.15, 0.2) is 36.4 Å². The molecule has 0 radical (unpaired) electrons. The molecule has 2 unspecified atom stereocenters. The molecule has 1 aliphatic rings. The van der Waals surface area contributed by atoms with E-state index in [-0.39, 0.29) is 17.4 Å². The minimum Gasteiger partial charge on any atom is -0.383 e. The van der Waals surface area contributed by atoms with Gasteiger partial charge in [0.15, 0.2) is 0 Å². The first-order chi connectivity index (χ1) is 9.99. The Balaban J connectivity index is 2.14. The molecule has 21 heavy (non-hydrogen) atoms. The first-order valence-electron chi connectivity index (χ1n) is 6.55. The number of fused-ring (bicyclic) bond motifs is 1. The standard InChI is InChI=1S/C16H13ClFNO2/c1-8-11-6-9(17)7-12(14(11)19-16(8)21)15(20)10-4-2-3-5-13(10)18/h2-8,15,20H,1H3,(H,19,21). The summed E-state index contributed by atoms with van der Waals surface area (Å²) in [6.07, 6.45) is -1.19. The van der Waals surface area contributed by atoms with E-state index in [0.29, 0.717) is 16.3 Å². The molecule has 0 aromatic heterocycles. The molecule has 1 amide bonds. The van der Waals surface area contributed by atoms with Gasteiger partial charge in [0.05, 0.1) is 11.6 Å². The molecule has 0 spiro atoms. The summed E-state index contributed by atoms with van der Waals surface area (Å²) >= 11 is 6.07. The molecule has 2 N–H and O–H groups in total. The molecule has 0 fully saturated rings. The van der Waals surface area contributed by atoms with Crippen LogP contribution in [-0.2, 0) is 4.79 Å². The fourth-order valence-electron chi connectivity index (χ4n) is 2.59. The van der Waals surface area contributed by atoms with E-state index < -0.39 is 11.9 Å². The van der Waals surface area contributed by atoms with Gasteiger partial charge in [0, 0.05) is 16.1 Å². The van der Waals surface area contributed by atoms with Crippen LogP contribution in [0.3, 0.4) is 0 Å². The number of halogens is 2. The lowest BCUT2D eigenvalue weighted by Crippen LogP contribution is -2.10. The third-order valence-corrected chi connectivity index (χ3v) is 3.98. The average Bonchev–Trinajstić information content (AvgIpc) is 2.74. The van der Waals surface area contributed by atoms with E-state index in [9.17, 15) is 14.3 Å². The van der Waals surface area contributed by atoms with E-state index in [1.807, 2.05) is 0 Å². The highest BCUT2D eigenvalue weighted by Crippen LogP contribution is 2.41. The second-order valence-corrected chi connectivity index (χ2v) is 5.53. The average molecular weight is 306 g/mol. The van der Waals surface area contributed by atoms with Crippen LogP contribution < -0.4 is 5.32 Å². The number of rotatable bonds is 2. The van der Waals surface area contributed by atoms with Crippen molar-refractivity contribution in [2.24, 2.45) is 0 Å². The van der Waals surface area contributed by atoms with Crippen LogP contribution in [-0.4, -0.2) is 11.0 Å². The van der Waals surface area contributed by atoms with Gasteiger partial charge < -0.3 is 10.4 Å². The largest absolute Gasteiger partial charge is 0.383 e. The highest BCUT2D eigenvalue weighted by Gasteiger charge is 2.31. The normalized spacial score (nSPS) is 18.3. The van der Waals surface area contributed by atoms with Gasteiger partial charge in [-0.3, -0.25) is 4.79 Å². The molecule has 1 aliphatic heterocycles. The van der Waals surface area contributed by atoms with Gasteiger partial charge in [0.2, 0.25) is 5.91 Å². The Morgan fingerprint density at radius 3 is 2.71 bits per heavy atom. The molecule has 2 aromatic carbocycles. The Morgan fingerprint density at radius 2 is 2.00 bits per heavy atom. The third kappa shape index (κ3) is 2.30. The Labute approximate surface area is 126 Å². The predicted octanol–water partition coefficient (Wildman–Crippen LogP) is 3.62. The Bertz CT molecular complexity index is 732. The lowest BCUT2D eigenvalue weighted by Gasteiger charge is -2.16. The van der Waals surface area contributed by atoms with Crippen molar-refractivity contribution in [3.63, 3.8) is 0 Å². The summed E-state index contributed by atoms with van der Waals surface area (Å²) in [4.78, 5) is 11.8. The highest BCUT2D eigenvalue weighted by atomic mass is 35.5. The number of carbonyl (C=O) groups excluding carboxylic acids is 1. The molecular formula is C16H13ClFNO2. The van der Waals surface area contributed by atoms with Crippen LogP contribution in [0, 0.1) is 5.82 Å². The zero-order chi connectivity index (χ0) is 15.1. The molecular weight excluding hydrogens is 293 g/mol. The van der Waals surface area contributed by atoms with Crippen LogP contribution in [0.4, 0.5) is 10.1 Å². The molecule has 0 saturated carbocycles. The van der Waals surface area contributed by atoms with Gasteiger partial charge in [-0.15, -0.1) is 0 Å². The van der Waals surface area contributed by atoms with E-state index in [4.69, 9.17) is 11.6 Å². The van der Waals surface area contributed by atoms with Gasteiger partial charge in [-0.1, -0.05) is 29.8 Å². The molecule has 0 aliphatic carbocycles. The summed E-state index contributed by atoms with van der Waals surface area (Å²) in [7, 11) is 0. The summed E-state index contributed by atoms with van der Waals surface area (Å²) in [5.74, 6) is -1.00. The fourth-order valence-corrected chi connectivity index (χ4v) is 2.82. The first kappa shape index (κ1) is 14.0. The highest BCUT2D eigenvalue weighted by molar-refractivity contribution is 6.31. The quantitative estimate of drug-likeness (QED) is 0.890. The molecule has 2 atom stereocenters. The second kappa shape index (κ2) is 5.13. The van der Waals surface area contributed by atoms with Gasteiger partial charge >= 0.3 is 0 Å². The van der Waals surface area contributed by atoms with Gasteiger partial charge in [-0.05, 0) is 30.7 Å². The van der Waals surface area contributed by atoms with E-state index in [1.165, 1.54) is 12.1 Å². The molecule has 1 heterocycles. The van der Waals surface area contributed by atoms with Crippen molar-refractivity contribution in [1.29, 1.82) is 0 Å². The van der Waals surface area contributed by atoms with Gasteiger partial charge in [0.1, 0.15) is 11.9 Å². The number of aliphatic hydroxyl groups is 1. The molecule has 3 rings (SSSR count). The Hall–Kier alpha value is -1.91. The van der Waals surface area contributed by atoms with Crippen molar-refractivity contribution < 1.29 is 14.3 Å². The van der Waals surface area contributed by atoms with Crippen molar-refractivity contribution >= 4 is 23.2 Å². The van der Waals surface area contributed by atoms with Crippen LogP contribution in [0.5, 0.6) is 0 Å². The van der Waals surface area contributed by atoms with Crippen molar-refractivity contribution in [2.75, 3.05) is 5.32 Å². The maximum absolute atomic E-state index is 13.9. The summed E-state index contributed by atoms with van der Waals surface area (Å²) in [6.45, 7) is 1.76. The maximum atomic E-state index is 13.9. The molecule has 0 bridgehead atoms. The minimum atomic E-state index is -1.19. The number of aliphatic hydroxyl groups excluding tert-OH is 1. The number of nitrogens with one attached hydrogen (secondary N) is 1. The topological polar surface area (TPSA) is 49.3 Å². The molecule has 108 valence electrons.